The first kappa shape index (κ1) is 22.2. The highest BCUT2D eigenvalue weighted by Crippen LogP contribution is 2.33. The van der Waals surface area contributed by atoms with Crippen LogP contribution in [0.15, 0.2) is 84.9 Å². The van der Waals surface area contributed by atoms with E-state index in [1.165, 1.54) is 11.1 Å². The maximum atomic E-state index is 10.5. The van der Waals surface area contributed by atoms with E-state index in [2.05, 4.69) is 69.8 Å². The van der Waals surface area contributed by atoms with E-state index in [9.17, 15) is 5.11 Å². The van der Waals surface area contributed by atoms with Crippen LogP contribution in [0.5, 0.6) is 0 Å². The number of nitriles is 1. The van der Waals surface area contributed by atoms with Crippen LogP contribution < -0.4 is 5.32 Å². The lowest BCUT2D eigenvalue weighted by Crippen LogP contribution is -2.54. The predicted octanol–water partition coefficient (Wildman–Crippen LogP) is 4.30. The first-order chi connectivity index (χ1) is 16.7. The van der Waals surface area contributed by atoms with Crippen molar-refractivity contribution in [1.82, 2.24) is 9.88 Å². The van der Waals surface area contributed by atoms with Gasteiger partial charge in [0.25, 0.3) is 0 Å². The Kier molecular flexibility index (Phi) is 6.59. The largest absolute Gasteiger partial charge is 0.389 e. The SMILES string of the molecule is N#Cc1cc2c(NC[C@@H](O)COC3CN(C(c4ccccc4)c4ccccc4)C3)cccc2[nH]1. The van der Waals surface area contributed by atoms with Crippen molar-refractivity contribution < 1.29 is 9.84 Å². The Morgan fingerprint density at radius 2 is 1.68 bits per heavy atom. The number of nitrogens with one attached hydrogen (secondary N) is 2. The standard InChI is InChI=1S/C28H28N4O2/c29-15-22-14-25-26(12-7-13-27(25)31-22)30-16-23(33)19-34-24-17-32(18-24)28(20-8-3-1-4-9-20)21-10-5-2-6-11-21/h1-14,23-24,28,30-31,33H,16-19H2/t23-/m1/s1. The van der Waals surface area contributed by atoms with E-state index < -0.39 is 6.10 Å². The van der Waals surface area contributed by atoms with E-state index in [-0.39, 0.29) is 18.8 Å². The lowest BCUT2D eigenvalue weighted by molar-refractivity contribution is -0.0875. The van der Waals surface area contributed by atoms with Gasteiger partial charge in [0.15, 0.2) is 0 Å². The van der Waals surface area contributed by atoms with Gasteiger partial charge in [0.2, 0.25) is 0 Å². The summed E-state index contributed by atoms with van der Waals surface area (Å²) in [5.74, 6) is 0. The second-order valence-electron chi connectivity index (χ2n) is 8.73. The zero-order valence-electron chi connectivity index (χ0n) is 18.9. The Morgan fingerprint density at radius 3 is 2.32 bits per heavy atom. The van der Waals surface area contributed by atoms with E-state index >= 15 is 0 Å². The summed E-state index contributed by atoms with van der Waals surface area (Å²) in [6.45, 7) is 2.31. The van der Waals surface area contributed by atoms with E-state index in [1.54, 1.807) is 0 Å². The molecule has 0 aliphatic carbocycles. The number of hydrogen-bond donors (Lipinski definition) is 3. The van der Waals surface area contributed by atoms with Crippen LogP contribution in [0, 0.1) is 11.3 Å². The average molecular weight is 453 g/mol. The number of H-pyrrole nitrogens is 1. The molecule has 1 aliphatic rings. The fourth-order valence-corrected chi connectivity index (χ4v) is 4.57. The molecule has 5 rings (SSSR count). The smallest absolute Gasteiger partial charge is 0.118 e. The Morgan fingerprint density at radius 1 is 1.00 bits per heavy atom. The molecule has 172 valence electrons. The molecule has 0 amide bonds. The third-order valence-electron chi connectivity index (χ3n) is 6.31. The van der Waals surface area contributed by atoms with E-state index in [0.717, 1.165) is 29.7 Å². The first-order valence-corrected chi connectivity index (χ1v) is 11.6. The summed E-state index contributed by atoms with van der Waals surface area (Å²) >= 11 is 0. The van der Waals surface area contributed by atoms with Crippen LogP contribution in [0.4, 0.5) is 5.69 Å². The molecule has 6 nitrogen and oxygen atoms in total. The minimum absolute atomic E-state index is 0.107. The summed E-state index contributed by atoms with van der Waals surface area (Å²) in [5.41, 5.74) is 4.85. The van der Waals surface area contributed by atoms with Gasteiger partial charge in [-0.3, -0.25) is 4.90 Å². The highest BCUT2D eigenvalue weighted by Gasteiger charge is 2.34. The van der Waals surface area contributed by atoms with Crippen LogP contribution in [0.3, 0.4) is 0 Å². The van der Waals surface area contributed by atoms with Crippen LogP contribution in [0.2, 0.25) is 0 Å². The molecule has 0 unspecified atom stereocenters. The summed E-state index contributed by atoms with van der Waals surface area (Å²) in [6, 6.07) is 31.1. The fourth-order valence-electron chi connectivity index (χ4n) is 4.57. The minimum Gasteiger partial charge on any atom is -0.389 e. The van der Waals surface area contributed by atoms with Crippen molar-refractivity contribution in [2.75, 3.05) is 31.6 Å². The molecular formula is C28H28N4O2. The Labute approximate surface area is 199 Å². The van der Waals surface area contributed by atoms with Crippen molar-refractivity contribution in [3.8, 4) is 6.07 Å². The molecule has 3 N–H and O–H groups in total. The summed E-state index contributed by atoms with van der Waals surface area (Å²) in [4.78, 5) is 5.49. The number of nitrogens with zero attached hydrogens (tertiary/aromatic N) is 2. The summed E-state index contributed by atoms with van der Waals surface area (Å²) in [6.07, 6.45) is -0.520. The normalized spacial score (nSPS) is 15.2. The number of fused-ring (bicyclic) bond motifs is 1. The number of aliphatic hydroxyl groups excluding tert-OH is 1. The molecule has 2 heterocycles. The number of likely N-dealkylation sites (tertiary alicyclic amines) is 1. The van der Waals surface area contributed by atoms with Crippen LogP contribution in [0.1, 0.15) is 22.9 Å². The fraction of sp³-hybridized carbons (Fsp3) is 0.250. The number of aromatic amines is 1. The second-order valence-corrected chi connectivity index (χ2v) is 8.73. The van der Waals surface area contributed by atoms with Crippen molar-refractivity contribution >= 4 is 16.6 Å². The van der Waals surface area contributed by atoms with Crippen LogP contribution in [0.25, 0.3) is 10.9 Å². The monoisotopic (exact) mass is 452 g/mol. The van der Waals surface area contributed by atoms with Crippen molar-refractivity contribution in [2.24, 2.45) is 0 Å². The summed E-state index contributed by atoms with van der Waals surface area (Å²) < 4.78 is 6.01. The van der Waals surface area contributed by atoms with Gasteiger partial charge in [-0.1, -0.05) is 66.7 Å². The molecule has 1 fully saturated rings. The second kappa shape index (κ2) is 10.1. The van der Waals surface area contributed by atoms with Gasteiger partial charge >= 0.3 is 0 Å². The zero-order valence-corrected chi connectivity index (χ0v) is 18.9. The first-order valence-electron chi connectivity index (χ1n) is 11.6. The molecule has 0 spiro atoms. The van der Waals surface area contributed by atoms with Crippen LogP contribution >= 0.6 is 0 Å². The number of ether oxygens (including phenoxy) is 1. The number of anilines is 1. The van der Waals surface area contributed by atoms with Gasteiger partial charge in [-0.2, -0.15) is 5.26 Å². The lowest BCUT2D eigenvalue weighted by Gasteiger charge is -2.44. The molecule has 34 heavy (non-hydrogen) atoms. The molecule has 1 saturated heterocycles. The van der Waals surface area contributed by atoms with Crippen molar-refractivity contribution in [2.45, 2.75) is 18.2 Å². The van der Waals surface area contributed by atoms with Crippen LogP contribution in [-0.4, -0.2) is 53.4 Å². The number of hydrogen-bond acceptors (Lipinski definition) is 5. The molecule has 1 aromatic heterocycles. The predicted molar refractivity (Wildman–Crippen MR) is 134 cm³/mol. The molecule has 3 aromatic carbocycles. The molecule has 4 aromatic rings. The molecule has 6 heteroatoms. The minimum atomic E-state index is -0.627. The number of rotatable bonds is 9. The molecule has 0 bridgehead atoms. The van der Waals surface area contributed by atoms with Crippen molar-refractivity contribution in [3.63, 3.8) is 0 Å². The highest BCUT2D eigenvalue weighted by atomic mass is 16.5. The topological polar surface area (TPSA) is 84.3 Å². The van der Waals surface area contributed by atoms with Crippen molar-refractivity contribution in [1.29, 1.82) is 5.26 Å². The summed E-state index contributed by atoms with van der Waals surface area (Å²) in [5, 5.41) is 23.8. The molecular weight excluding hydrogens is 424 g/mol. The van der Waals surface area contributed by atoms with Gasteiger partial charge in [0, 0.05) is 36.2 Å². The van der Waals surface area contributed by atoms with Gasteiger partial charge in [-0.15, -0.1) is 0 Å². The van der Waals surface area contributed by atoms with E-state index in [1.807, 2.05) is 36.4 Å². The molecule has 1 aliphatic heterocycles. The van der Waals surface area contributed by atoms with Gasteiger partial charge in [0.05, 0.1) is 24.9 Å². The molecule has 0 saturated carbocycles. The maximum absolute atomic E-state index is 10.5. The maximum Gasteiger partial charge on any atom is 0.118 e. The molecule has 1 atom stereocenters. The zero-order chi connectivity index (χ0) is 23.3. The number of aliphatic hydroxyl groups is 1. The van der Waals surface area contributed by atoms with Gasteiger partial charge in [0.1, 0.15) is 11.8 Å². The van der Waals surface area contributed by atoms with Gasteiger partial charge in [-0.05, 0) is 29.3 Å². The Bertz CT molecular complexity index is 1220. The van der Waals surface area contributed by atoms with Crippen molar-refractivity contribution in [3.05, 3.63) is 102 Å². The molecule has 0 radical (unpaired) electrons. The van der Waals surface area contributed by atoms with Crippen LogP contribution in [-0.2, 0) is 4.74 Å². The van der Waals surface area contributed by atoms with Gasteiger partial charge < -0.3 is 20.1 Å². The van der Waals surface area contributed by atoms with Gasteiger partial charge in [-0.25, -0.2) is 0 Å². The average Bonchev–Trinajstić information content (AvgIpc) is 3.29. The lowest BCUT2D eigenvalue weighted by atomic mass is 9.94. The van der Waals surface area contributed by atoms with E-state index in [4.69, 9.17) is 10.00 Å². The van der Waals surface area contributed by atoms with E-state index in [0.29, 0.717) is 12.2 Å². The Hall–Kier alpha value is -3.63. The third-order valence-corrected chi connectivity index (χ3v) is 6.31. The Balaban J connectivity index is 1.13. The number of benzene rings is 3. The number of aromatic nitrogens is 1. The summed E-state index contributed by atoms with van der Waals surface area (Å²) in [7, 11) is 0. The third kappa shape index (κ3) is 4.82. The highest BCUT2D eigenvalue weighted by molar-refractivity contribution is 5.93. The quantitative estimate of drug-likeness (QED) is 0.353.